The van der Waals surface area contributed by atoms with Crippen LogP contribution in [0.2, 0.25) is 0 Å². The molecule has 3 nitrogen and oxygen atoms in total. The lowest BCUT2D eigenvalue weighted by atomic mass is 10.1. The fourth-order valence-corrected chi connectivity index (χ4v) is 2.20. The number of hydrogen-bond acceptors (Lipinski definition) is 3. The van der Waals surface area contributed by atoms with Crippen molar-refractivity contribution in [2.75, 3.05) is 23.8 Å². The molecule has 94 valence electrons. The standard InChI is InChI=1S/C13H20N2OS/c1-3-17-6-4-5-15-13(16)11-7-10(2)8-12(14)9-11/h7-9H,3-6,14H2,1-2H3,(H,15,16). The van der Waals surface area contributed by atoms with Crippen molar-refractivity contribution in [3.05, 3.63) is 29.3 Å². The number of aryl methyl sites for hydroxylation is 1. The van der Waals surface area contributed by atoms with Crippen LogP contribution in [0.25, 0.3) is 0 Å². The Morgan fingerprint density at radius 1 is 1.41 bits per heavy atom. The third-order valence-electron chi connectivity index (χ3n) is 2.32. The number of hydrogen-bond donors (Lipinski definition) is 2. The van der Waals surface area contributed by atoms with E-state index in [2.05, 4.69) is 12.2 Å². The summed E-state index contributed by atoms with van der Waals surface area (Å²) >= 11 is 1.89. The quantitative estimate of drug-likeness (QED) is 0.604. The molecule has 0 spiro atoms. The number of rotatable bonds is 6. The van der Waals surface area contributed by atoms with Crippen molar-refractivity contribution >= 4 is 23.4 Å². The van der Waals surface area contributed by atoms with Crippen molar-refractivity contribution in [3.63, 3.8) is 0 Å². The van der Waals surface area contributed by atoms with Gasteiger partial charge in [0.25, 0.3) is 5.91 Å². The molecule has 0 bridgehead atoms. The summed E-state index contributed by atoms with van der Waals surface area (Å²) in [6.45, 7) is 4.80. The average molecular weight is 252 g/mol. The number of benzene rings is 1. The second-order valence-corrected chi connectivity index (χ2v) is 5.33. The Morgan fingerprint density at radius 2 is 2.18 bits per heavy atom. The fraction of sp³-hybridized carbons (Fsp3) is 0.462. The van der Waals surface area contributed by atoms with Gasteiger partial charge < -0.3 is 11.1 Å². The molecule has 0 atom stereocenters. The zero-order valence-corrected chi connectivity index (χ0v) is 11.3. The lowest BCUT2D eigenvalue weighted by molar-refractivity contribution is 0.0954. The highest BCUT2D eigenvalue weighted by atomic mass is 32.2. The topological polar surface area (TPSA) is 55.1 Å². The predicted molar refractivity (Wildman–Crippen MR) is 75.5 cm³/mol. The molecule has 1 aromatic rings. The Labute approximate surface area is 107 Å². The van der Waals surface area contributed by atoms with E-state index in [1.807, 2.05) is 30.8 Å². The molecule has 17 heavy (non-hydrogen) atoms. The van der Waals surface area contributed by atoms with Crippen molar-refractivity contribution in [2.45, 2.75) is 20.3 Å². The van der Waals surface area contributed by atoms with E-state index in [4.69, 9.17) is 5.73 Å². The van der Waals surface area contributed by atoms with Gasteiger partial charge in [-0.1, -0.05) is 6.92 Å². The minimum absolute atomic E-state index is 0.0399. The summed E-state index contributed by atoms with van der Waals surface area (Å²) in [6, 6.07) is 5.42. The van der Waals surface area contributed by atoms with E-state index < -0.39 is 0 Å². The van der Waals surface area contributed by atoms with Gasteiger partial charge in [-0.05, 0) is 48.6 Å². The first-order chi connectivity index (χ1) is 8.13. The molecule has 4 heteroatoms. The van der Waals surface area contributed by atoms with E-state index in [1.165, 1.54) is 0 Å². The molecular weight excluding hydrogens is 232 g/mol. The Bertz CT molecular complexity index is 359. The maximum Gasteiger partial charge on any atom is 0.251 e. The number of amides is 1. The van der Waals surface area contributed by atoms with Crippen molar-refractivity contribution in [1.29, 1.82) is 0 Å². The molecule has 1 aromatic carbocycles. The molecule has 0 fully saturated rings. The number of nitrogens with two attached hydrogens (primary N) is 1. The monoisotopic (exact) mass is 252 g/mol. The van der Waals surface area contributed by atoms with E-state index in [-0.39, 0.29) is 5.91 Å². The van der Waals surface area contributed by atoms with Gasteiger partial charge in [0.2, 0.25) is 0 Å². The zero-order valence-electron chi connectivity index (χ0n) is 10.5. The first-order valence-electron chi connectivity index (χ1n) is 5.86. The summed E-state index contributed by atoms with van der Waals surface area (Å²) in [4.78, 5) is 11.8. The van der Waals surface area contributed by atoms with E-state index in [0.717, 1.165) is 30.0 Å². The molecule has 0 aliphatic carbocycles. The Morgan fingerprint density at radius 3 is 2.82 bits per heavy atom. The molecule has 1 rings (SSSR count). The van der Waals surface area contributed by atoms with E-state index >= 15 is 0 Å². The van der Waals surface area contributed by atoms with Gasteiger partial charge >= 0.3 is 0 Å². The summed E-state index contributed by atoms with van der Waals surface area (Å²) in [5.41, 5.74) is 8.00. The van der Waals surface area contributed by atoms with Gasteiger partial charge in [0.15, 0.2) is 0 Å². The fourth-order valence-electron chi connectivity index (χ4n) is 1.57. The predicted octanol–water partition coefficient (Wildman–Crippen LogP) is 2.45. The summed E-state index contributed by atoms with van der Waals surface area (Å²) in [5, 5.41) is 2.90. The number of nitrogen functional groups attached to an aromatic ring is 1. The Hall–Kier alpha value is -1.16. The van der Waals surface area contributed by atoms with Crippen LogP contribution in [0, 0.1) is 6.92 Å². The maximum atomic E-state index is 11.8. The summed E-state index contributed by atoms with van der Waals surface area (Å²) in [6.07, 6.45) is 1.01. The van der Waals surface area contributed by atoms with Crippen molar-refractivity contribution in [3.8, 4) is 0 Å². The highest BCUT2D eigenvalue weighted by Gasteiger charge is 2.05. The first kappa shape index (κ1) is 13.9. The van der Waals surface area contributed by atoms with Crippen LogP contribution in [-0.4, -0.2) is 24.0 Å². The van der Waals surface area contributed by atoms with Gasteiger partial charge in [0, 0.05) is 17.8 Å². The van der Waals surface area contributed by atoms with Gasteiger partial charge in [-0.15, -0.1) is 0 Å². The lowest BCUT2D eigenvalue weighted by Crippen LogP contribution is -2.25. The summed E-state index contributed by atoms with van der Waals surface area (Å²) in [5.74, 6) is 2.18. The van der Waals surface area contributed by atoms with Crippen molar-refractivity contribution < 1.29 is 4.79 Å². The van der Waals surface area contributed by atoms with Gasteiger partial charge in [-0.3, -0.25) is 4.79 Å². The molecule has 0 heterocycles. The normalized spacial score (nSPS) is 10.2. The van der Waals surface area contributed by atoms with Gasteiger partial charge in [-0.25, -0.2) is 0 Å². The van der Waals surface area contributed by atoms with Crippen LogP contribution >= 0.6 is 11.8 Å². The van der Waals surface area contributed by atoms with Crippen LogP contribution in [0.4, 0.5) is 5.69 Å². The molecule has 0 aliphatic rings. The second kappa shape index (κ2) is 7.22. The molecule has 0 aliphatic heterocycles. The molecule has 1 amide bonds. The van der Waals surface area contributed by atoms with Crippen LogP contribution in [0.3, 0.4) is 0 Å². The lowest BCUT2D eigenvalue weighted by Gasteiger charge is -2.06. The number of anilines is 1. The minimum atomic E-state index is -0.0399. The molecule has 0 saturated carbocycles. The van der Waals surface area contributed by atoms with Crippen LogP contribution in [-0.2, 0) is 0 Å². The minimum Gasteiger partial charge on any atom is -0.399 e. The molecule has 0 saturated heterocycles. The summed E-state index contributed by atoms with van der Waals surface area (Å²) < 4.78 is 0. The number of nitrogens with one attached hydrogen (secondary N) is 1. The SMILES string of the molecule is CCSCCCNC(=O)c1cc(C)cc(N)c1. The molecule has 0 radical (unpaired) electrons. The van der Waals surface area contributed by atoms with Crippen LogP contribution in [0.1, 0.15) is 29.3 Å². The number of carbonyl (C=O) groups excluding carboxylic acids is 1. The van der Waals surface area contributed by atoms with E-state index in [1.54, 1.807) is 6.07 Å². The third-order valence-corrected chi connectivity index (χ3v) is 3.30. The smallest absolute Gasteiger partial charge is 0.251 e. The summed E-state index contributed by atoms with van der Waals surface area (Å²) in [7, 11) is 0. The second-order valence-electron chi connectivity index (χ2n) is 3.94. The van der Waals surface area contributed by atoms with Crippen molar-refractivity contribution in [2.24, 2.45) is 0 Å². The largest absolute Gasteiger partial charge is 0.399 e. The Kier molecular flexibility index (Phi) is 5.91. The third kappa shape index (κ3) is 5.13. The number of thioether (sulfide) groups is 1. The van der Waals surface area contributed by atoms with Gasteiger partial charge in [-0.2, -0.15) is 11.8 Å². The average Bonchev–Trinajstić information content (AvgIpc) is 2.27. The highest BCUT2D eigenvalue weighted by molar-refractivity contribution is 7.99. The van der Waals surface area contributed by atoms with Crippen LogP contribution < -0.4 is 11.1 Å². The first-order valence-corrected chi connectivity index (χ1v) is 7.02. The van der Waals surface area contributed by atoms with Gasteiger partial charge in [0.05, 0.1) is 0 Å². The van der Waals surface area contributed by atoms with Crippen molar-refractivity contribution in [1.82, 2.24) is 5.32 Å². The van der Waals surface area contributed by atoms with Crippen LogP contribution in [0.15, 0.2) is 18.2 Å². The molecule has 3 N–H and O–H groups in total. The number of carbonyl (C=O) groups is 1. The molecule has 0 unspecified atom stereocenters. The van der Waals surface area contributed by atoms with E-state index in [9.17, 15) is 4.79 Å². The Balaban J connectivity index is 2.41. The van der Waals surface area contributed by atoms with E-state index in [0.29, 0.717) is 11.3 Å². The molecular formula is C13H20N2OS. The zero-order chi connectivity index (χ0) is 12.7. The van der Waals surface area contributed by atoms with Gasteiger partial charge in [0.1, 0.15) is 0 Å². The maximum absolute atomic E-state index is 11.8. The van der Waals surface area contributed by atoms with Crippen LogP contribution in [0.5, 0.6) is 0 Å². The highest BCUT2D eigenvalue weighted by Crippen LogP contribution is 2.11. The molecule has 0 aromatic heterocycles.